The molecule has 0 bridgehead atoms. The van der Waals surface area contributed by atoms with Crippen LogP contribution < -0.4 is 14.4 Å². The number of carbonyl (C=O) groups is 2. The van der Waals surface area contributed by atoms with Crippen molar-refractivity contribution in [3.8, 4) is 5.75 Å². The molecule has 0 heterocycles. The van der Waals surface area contributed by atoms with Crippen LogP contribution in [0, 0.1) is 0 Å². The van der Waals surface area contributed by atoms with E-state index in [9.17, 15) is 18.0 Å². The van der Waals surface area contributed by atoms with Crippen molar-refractivity contribution in [1.82, 2.24) is 10.2 Å². The Morgan fingerprint density at radius 3 is 1.98 bits per heavy atom. The third kappa shape index (κ3) is 8.81. The molecule has 4 aromatic rings. The fourth-order valence-corrected chi connectivity index (χ4v) is 6.84. The smallest absolute Gasteiger partial charge is 0.264 e. The number of para-hydroxylation sites is 1. The van der Waals surface area contributed by atoms with E-state index in [1.54, 1.807) is 60.7 Å². The lowest BCUT2D eigenvalue weighted by molar-refractivity contribution is -0.140. The Bertz CT molecular complexity index is 1700. The lowest BCUT2D eigenvalue weighted by atomic mass is 10.0. The third-order valence-corrected chi connectivity index (χ3v) is 9.63. The summed E-state index contributed by atoms with van der Waals surface area (Å²) in [5.41, 5.74) is 1.54. The molecular weight excluding hydrogens is 645 g/mol. The van der Waals surface area contributed by atoms with E-state index in [0.717, 1.165) is 9.87 Å². The number of nitrogens with one attached hydrogen (secondary N) is 1. The molecule has 2 amide bonds. The number of rotatable bonds is 14. The largest absolute Gasteiger partial charge is 0.494 e. The number of hydrogen-bond donors (Lipinski definition) is 1. The Morgan fingerprint density at radius 1 is 0.826 bits per heavy atom. The summed E-state index contributed by atoms with van der Waals surface area (Å²) in [5.74, 6) is -0.489. The molecule has 0 aliphatic heterocycles. The van der Waals surface area contributed by atoms with Gasteiger partial charge in [-0.05, 0) is 74.9 Å². The van der Waals surface area contributed by atoms with Gasteiger partial charge in [0, 0.05) is 34.6 Å². The number of nitrogens with zero attached hydrogens (tertiary/aromatic N) is 2. The van der Waals surface area contributed by atoms with Crippen LogP contribution >= 0.6 is 23.2 Å². The maximum absolute atomic E-state index is 14.5. The topological polar surface area (TPSA) is 96.0 Å². The van der Waals surface area contributed by atoms with Gasteiger partial charge < -0.3 is 15.0 Å². The predicted octanol–water partition coefficient (Wildman–Crippen LogP) is 6.75. The van der Waals surface area contributed by atoms with Crippen molar-refractivity contribution < 1.29 is 22.7 Å². The van der Waals surface area contributed by atoms with Crippen molar-refractivity contribution in [2.24, 2.45) is 0 Å². The van der Waals surface area contributed by atoms with E-state index in [-0.39, 0.29) is 29.6 Å². The van der Waals surface area contributed by atoms with Gasteiger partial charge in [-0.3, -0.25) is 13.9 Å². The molecule has 242 valence electrons. The maximum atomic E-state index is 14.5. The molecule has 0 radical (unpaired) electrons. The highest BCUT2D eigenvalue weighted by atomic mass is 35.5. The monoisotopic (exact) mass is 681 g/mol. The molecule has 0 aliphatic carbocycles. The maximum Gasteiger partial charge on any atom is 0.264 e. The molecule has 0 spiro atoms. The molecule has 1 atom stereocenters. The van der Waals surface area contributed by atoms with Crippen LogP contribution in [-0.2, 0) is 32.6 Å². The summed E-state index contributed by atoms with van der Waals surface area (Å²) >= 11 is 13.1. The number of benzene rings is 4. The van der Waals surface area contributed by atoms with Crippen molar-refractivity contribution >= 4 is 50.7 Å². The van der Waals surface area contributed by atoms with Crippen molar-refractivity contribution in [2.75, 3.05) is 17.5 Å². The molecular formula is C35H37Cl2N3O5S. The summed E-state index contributed by atoms with van der Waals surface area (Å²) in [5, 5.41) is 3.56. The number of halogens is 2. The summed E-state index contributed by atoms with van der Waals surface area (Å²) in [7, 11) is -4.25. The molecule has 0 saturated heterocycles. The number of amides is 2. The summed E-state index contributed by atoms with van der Waals surface area (Å²) in [6.45, 7) is 5.19. The van der Waals surface area contributed by atoms with E-state index in [2.05, 4.69) is 5.32 Å². The van der Waals surface area contributed by atoms with E-state index in [0.29, 0.717) is 28.0 Å². The summed E-state index contributed by atoms with van der Waals surface area (Å²) in [6, 6.07) is 27.4. The van der Waals surface area contributed by atoms with Crippen LogP contribution in [0.4, 0.5) is 5.69 Å². The quantitative estimate of drug-likeness (QED) is 0.159. The lowest BCUT2D eigenvalue weighted by Crippen LogP contribution is -2.54. The standard InChI is InChI=1S/C35H37Cl2N3O5S/c1-4-45-28-18-20-29(21-19-28)46(43,44)40(27-14-9-6-10-15-27)24-34(41)39(23-30-31(36)16-11-17-32(30)37)33(35(42)38-25(2)3)22-26-12-7-5-8-13-26/h5-21,25,33H,4,22-24H2,1-3H3,(H,38,42)/t33-/m1/s1. The Kier molecular flexibility index (Phi) is 12.1. The van der Waals surface area contributed by atoms with Gasteiger partial charge in [0.25, 0.3) is 10.0 Å². The Balaban J connectivity index is 1.81. The first-order valence-electron chi connectivity index (χ1n) is 14.9. The van der Waals surface area contributed by atoms with Gasteiger partial charge in [-0.2, -0.15) is 0 Å². The highest BCUT2D eigenvalue weighted by Gasteiger charge is 2.35. The number of carbonyl (C=O) groups excluding carboxylic acids is 2. The van der Waals surface area contributed by atoms with Gasteiger partial charge in [0.15, 0.2) is 0 Å². The van der Waals surface area contributed by atoms with Crippen LogP contribution in [-0.4, -0.2) is 50.4 Å². The first-order chi connectivity index (χ1) is 22.0. The average molecular weight is 683 g/mol. The fourth-order valence-electron chi connectivity index (χ4n) is 4.91. The SMILES string of the molecule is CCOc1ccc(S(=O)(=O)N(CC(=O)N(Cc2c(Cl)cccc2Cl)[C@H](Cc2ccccc2)C(=O)NC(C)C)c2ccccc2)cc1. The van der Waals surface area contributed by atoms with Crippen LogP contribution in [0.25, 0.3) is 0 Å². The van der Waals surface area contributed by atoms with Crippen LogP contribution in [0.3, 0.4) is 0 Å². The van der Waals surface area contributed by atoms with Crippen molar-refractivity contribution in [1.29, 1.82) is 0 Å². The minimum atomic E-state index is -4.25. The van der Waals surface area contributed by atoms with E-state index in [1.165, 1.54) is 17.0 Å². The molecule has 4 rings (SSSR count). The zero-order chi connectivity index (χ0) is 33.3. The molecule has 0 saturated carbocycles. The van der Waals surface area contributed by atoms with Crippen LogP contribution in [0.1, 0.15) is 31.9 Å². The van der Waals surface area contributed by atoms with Crippen LogP contribution in [0.2, 0.25) is 10.0 Å². The molecule has 11 heteroatoms. The molecule has 8 nitrogen and oxygen atoms in total. The van der Waals surface area contributed by atoms with E-state index < -0.39 is 34.4 Å². The van der Waals surface area contributed by atoms with E-state index in [4.69, 9.17) is 27.9 Å². The molecule has 46 heavy (non-hydrogen) atoms. The van der Waals surface area contributed by atoms with Crippen LogP contribution in [0.5, 0.6) is 5.75 Å². The molecule has 0 aliphatic rings. The minimum Gasteiger partial charge on any atom is -0.494 e. The molecule has 0 unspecified atom stereocenters. The zero-order valence-electron chi connectivity index (χ0n) is 25.9. The third-order valence-electron chi connectivity index (χ3n) is 7.14. The molecule has 4 aromatic carbocycles. The number of sulfonamides is 1. The minimum absolute atomic E-state index is 0.0216. The summed E-state index contributed by atoms with van der Waals surface area (Å²) in [6.07, 6.45) is 0.171. The number of ether oxygens (including phenoxy) is 1. The second kappa shape index (κ2) is 16.0. The molecule has 0 aromatic heterocycles. The summed E-state index contributed by atoms with van der Waals surface area (Å²) in [4.78, 5) is 29.7. The highest BCUT2D eigenvalue weighted by Crippen LogP contribution is 2.29. The number of hydrogen-bond acceptors (Lipinski definition) is 5. The number of anilines is 1. The van der Waals surface area contributed by atoms with Gasteiger partial charge in [0.2, 0.25) is 11.8 Å². The Labute approximate surface area is 280 Å². The normalized spacial score (nSPS) is 12.0. The van der Waals surface area contributed by atoms with Gasteiger partial charge in [0.05, 0.1) is 17.2 Å². The Morgan fingerprint density at radius 2 is 1.41 bits per heavy atom. The average Bonchev–Trinajstić information content (AvgIpc) is 3.03. The van der Waals surface area contributed by atoms with E-state index in [1.807, 2.05) is 51.1 Å². The van der Waals surface area contributed by atoms with Crippen LogP contribution in [0.15, 0.2) is 108 Å². The van der Waals surface area contributed by atoms with Gasteiger partial charge >= 0.3 is 0 Å². The second-order valence-corrected chi connectivity index (χ2v) is 13.5. The molecule has 0 fully saturated rings. The van der Waals surface area contributed by atoms with Gasteiger partial charge in [0.1, 0.15) is 18.3 Å². The van der Waals surface area contributed by atoms with E-state index >= 15 is 0 Å². The fraction of sp³-hybridized carbons (Fsp3) is 0.257. The van der Waals surface area contributed by atoms with Gasteiger partial charge in [-0.1, -0.05) is 77.8 Å². The molecule has 1 N–H and O–H groups in total. The van der Waals surface area contributed by atoms with Crippen molar-refractivity contribution in [3.63, 3.8) is 0 Å². The van der Waals surface area contributed by atoms with Crippen molar-refractivity contribution in [2.45, 2.75) is 50.7 Å². The summed E-state index contributed by atoms with van der Waals surface area (Å²) < 4.78 is 34.9. The first-order valence-corrected chi connectivity index (χ1v) is 17.1. The predicted molar refractivity (Wildman–Crippen MR) is 183 cm³/mol. The highest BCUT2D eigenvalue weighted by molar-refractivity contribution is 7.92. The van der Waals surface area contributed by atoms with Crippen molar-refractivity contribution in [3.05, 3.63) is 124 Å². The lowest BCUT2D eigenvalue weighted by Gasteiger charge is -2.34. The first kappa shape index (κ1) is 34.8. The zero-order valence-corrected chi connectivity index (χ0v) is 28.2. The Hall–Kier alpha value is -4.05. The van der Waals surface area contributed by atoms with Gasteiger partial charge in [-0.25, -0.2) is 8.42 Å². The second-order valence-electron chi connectivity index (χ2n) is 10.8. The van der Waals surface area contributed by atoms with Gasteiger partial charge in [-0.15, -0.1) is 0 Å².